The van der Waals surface area contributed by atoms with Crippen molar-refractivity contribution in [1.82, 2.24) is 9.62 Å². The fourth-order valence-electron chi connectivity index (χ4n) is 2.16. The van der Waals surface area contributed by atoms with E-state index in [2.05, 4.69) is 23.5 Å². The summed E-state index contributed by atoms with van der Waals surface area (Å²) in [5.41, 5.74) is 0. The molecule has 0 aromatic carbocycles. The standard InChI is InChI=1S/C10H22N2O2S/c1-9-6-4-5-7-12(9)10(2)8-11-15(3,13)14/h9-11H,4-8H2,1-3H3/t9-,10-/m0/s1. The predicted molar refractivity (Wildman–Crippen MR) is 62.3 cm³/mol. The SMILES string of the molecule is C[C@H]1CCCCN1[C@@H](C)CNS(C)(=O)=O. The topological polar surface area (TPSA) is 49.4 Å². The lowest BCUT2D eigenvalue weighted by molar-refractivity contribution is 0.116. The maximum absolute atomic E-state index is 11.0. The summed E-state index contributed by atoms with van der Waals surface area (Å²) >= 11 is 0. The fourth-order valence-corrected chi connectivity index (χ4v) is 2.71. The third-order valence-corrected chi connectivity index (χ3v) is 3.75. The first-order valence-corrected chi connectivity index (χ1v) is 7.49. The zero-order valence-corrected chi connectivity index (χ0v) is 10.7. The van der Waals surface area contributed by atoms with Gasteiger partial charge in [-0.2, -0.15) is 0 Å². The average Bonchev–Trinajstić information content (AvgIpc) is 2.14. The number of piperidine rings is 1. The van der Waals surface area contributed by atoms with Crippen molar-refractivity contribution in [3.63, 3.8) is 0 Å². The summed E-state index contributed by atoms with van der Waals surface area (Å²) in [4.78, 5) is 2.39. The quantitative estimate of drug-likeness (QED) is 0.783. The van der Waals surface area contributed by atoms with Crippen molar-refractivity contribution in [1.29, 1.82) is 0 Å². The second-order valence-electron chi connectivity index (χ2n) is 4.55. The monoisotopic (exact) mass is 234 g/mol. The average molecular weight is 234 g/mol. The molecule has 0 radical (unpaired) electrons. The molecule has 5 heteroatoms. The van der Waals surface area contributed by atoms with Crippen LogP contribution in [0.3, 0.4) is 0 Å². The summed E-state index contributed by atoms with van der Waals surface area (Å²) in [6.07, 6.45) is 4.96. The van der Waals surface area contributed by atoms with Gasteiger partial charge in [-0.05, 0) is 33.2 Å². The van der Waals surface area contributed by atoms with Crippen LogP contribution < -0.4 is 4.72 Å². The second kappa shape index (κ2) is 5.27. The van der Waals surface area contributed by atoms with Crippen molar-refractivity contribution < 1.29 is 8.42 Å². The van der Waals surface area contributed by atoms with Crippen LogP contribution >= 0.6 is 0 Å². The van der Waals surface area contributed by atoms with Gasteiger partial charge in [0.1, 0.15) is 0 Å². The van der Waals surface area contributed by atoms with Gasteiger partial charge in [0.25, 0.3) is 0 Å². The van der Waals surface area contributed by atoms with Crippen molar-refractivity contribution in [3.05, 3.63) is 0 Å². The summed E-state index contributed by atoms with van der Waals surface area (Å²) in [6.45, 7) is 5.91. The number of hydrogen-bond acceptors (Lipinski definition) is 3. The van der Waals surface area contributed by atoms with Crippen LogP contribution in [0.1, 0.15) is 33.1 Å². The van der Waals surface area contributed by atoms with Gasteiger partial charge < -0.3 is 0 Å². The van der Waals surface area contributed by atoms with Gasteiger partial charge in [0.05, 0.1) is 6.26 Å². The van der Waals surface area contributed by atoms with Gasteiger partial charge in [-0.25, -0.2) is 13.1 Å². The molecule has 4 nitrogen and oxygen atoms in total. The van der Waals surface area contributed by atoms with Gasteiger partial charge in [0.15, 0.2) is 0 Å². The minimum atomic E-state index is -3.05. The Kier molecular flexibility index (Phi) is 4.55. The van der Waals surface area contributed by atoms with Gasteiger partial charge in [0, 0.05) is 18.6 Å². The highest BCUT2D eigenvalue weighted by Gasteiger charge is 2.23. The highest BCUT2D eigenvalue weighted by Crippen LogP contribution is 2.18. The molecule has 1 saturated heterocycles. The summed E-state index contributed by atoms with van der Waals surface area (Å²) < 4.78 is 24.5. The molecule has 0 unspecified atom stereocenters. The van der Waals surface area contributed by atoms with Crippen LogP contribution in [0.2, 0.25) is 0 Å². The zero-order valence-electron chi connectivity index (χ0n) is 9.86. The first kappa shape index (κ1) is 12.9. The maximum Gasteiger partial charge on any atom is 0.208 e. The van der Waals surface area contributed by atoms with E-state index in [0.29, 0.717) is 12.6 Å². The molecule has 0 aromatic rings. The van der Waals surface area contributed by atoms with Crippen LogP contribution in [0.25, 0.3) is 0 Å². The van der Waals surface area contributed by atoms with Crippen LogP contribution in [0.15, 0.2) is 0 Å². The number of nitrogens with zero attached hydrogens (tertiary/aromatic N) is 1. The van der Waals surface area contributed by atoms with Crippen molar-refractivity contribution in [2.45, 2.75) is 45.2 Å². The lowest BCUT2D eigenvalue weighted by Crippen LogP contribution is -2.48. The van der Waals surface area contributed by atoms with Crippen molar-refractivity contribution in [3.8, 4) is 0 Å². The minimum Gasteiger partial charge on any atom is -0.297 e. The van der Waals surface area contributed by atoms with Crippen LogP contribution in [-0.4, -0.2) is 44.7 Å². The molecule has 1 aliphatic heterocycles. The fraction of sp³-hybridized carbons (Fsp3) is 1.00. The third-order valence-electron chi connectivity index (χ3n) is 3.06. The Balaban J connectivity index is 2.41. The smallest absolute Gasteiger partial charge is 0.208 e. The molecule has 1 fully saturated rings. The molecule has 0 spiro atoms. The number of sulfonamides is 1. The van der Waals surface area contributed by atoms with Crippen LogP contribution in [0, 0.1) is 0 Å². The molecule has 1 rings (SSSR count). The largest absolute Gasteiger partial charge is 0.297 e. The highest BCUT2D eigenvalue weighted by molar-refractivity contribution is 7.88. The van der Waals surface area contributed by atoms with E-state index in [1.54, 1.807) is 0 Å². The molecule has 0 saturated carbocycles. The molecule has 0 amide bonds. The van der Waals surface area contributed by atoms with E-state index in [0.717, 1.165) is 6.54 Å². The van der Waals surface area contributed by atoms with E-state index in [-0.39, 0.29) is 6.04 Å². The van der Waals surface area contributed by atoms with E-state index < -0.39 is 10.0 Å². The second-order valence-corrected chi connectivity index (χ2v) is 6.39. The molecule has 0 aromatic heterocycles. The summed E-state index contributed by atoms with van der Waals surface area (Å²) in [5.74, 6) is 0. The van der Waals surface area contributed by atoms with E-state index >= 15 is 0 Å². The van der Waals surface area contributed by atoms with Crippen LogP contribution in [0.4, 0.5) is 0 Å². The first-order chi connectivity index (χ1) is 6.90. The molecule has 0 aliphatic carbocycles. The lowest BCUT2D eigenvalue weighted by Gasteiger charge is -2.38. The lowest BCUT2D eigenvalue weighted by atomic mass is 10.0. The molecule has 90 valence electrons. The third kappa shape index (κ3) is 4.49. The Morgan fingerprint density at radius 3 is 2.67 bits per heavy atom. The van der Waals surface area contributed by atoms with E-state index in [1.165, 1.54) is 25.5 Å². The van der Waals surface area contributed by atoms with Gasteiger partial charge in [0.2, 0.25) is 10.0 Å². The van der Waals surface area contributed by atoms with E-state index in [1.807, 2.05) is 0 Å². The Labute approximate surface area is 93.1 Å². The molecule has 1 aliphatic rings. The molecule has 2 atom stereocenters. The van der Waals surface area contributed by atoms with Gasteiger partial charge in [-0.1, -0.05) is 6.42 Å². The van der Waals surface area contributed by atoms with Crippen molar-refractivity contribution >= 4 is 10.0 Å². The van der Waals surface area contributed by atoms with Crippen LogP contribution in [-0.2, 0) is 10.0 Å². The highest BCUT2D eigenvalue weighted by atomic mass is 32.2. The number of hydrogen-bond donors (Lipinski definition) is 1. The van der Waals surface area contributed by atoms with Crippen molar-refractivity contribution in [2.24, 2.45) is 0 Å². The molecular weight excluding hydrogens is 212 g/mol. The Morgan fingerprint density at radius 1 is 1.47 bits per heavy atom. The maximum atomic E-state index is 11.0. The Bertz CT molecular complexity index is 290. The van der Waals surface area contributed by atoms with E-state index in [4.69, 9.17) is 0 Å². The Hall–Kier alpha value is -0.130. The first-order valence-electron chi connectivity index (χ1n) is 5.60. The molecular formula is C10H22N2O2S. The van der Waals surface area contributed by atoms with Crippen molar-refractivity contribution in [2.75, 3.05) is 19.3 Å². The van der Waals surface area contributed by atoms with Gasteiger partial charge in [-0.3, -0.25) is 4.90 Å². The normalized spacial score (nSPS) is 26.5. The Morgan fingerprint density at radius 2 is 2.13 bits per heavy atom. The molecule has 1 N–H and O–H groups in total. The summed E-state index contributed by atoms with van der Waals surface area (Å²) in [5, 5.41) is 0. The van der Waals surface area contributed by atoms with Crippen LogP contribution in [0.5, 0.6) is 0 Å². The molecule has 1 heterocycles. The summed E-state index contributed by atoms with van der Waals surface area (Å²) in [7, 11) is -3.05. The number of rotatable bonds is 4. The molecule has 0 bridgehead atoms. The van der Waals surface area contributed by atoms with E-state index in [9.17, 15) is 8.42 Å². The van der Waals surface area contributed by atoms with Gasteiger partial charge >= 0.3 is 0 Å². The molecule has 15 heavy (non-hydrogen) atoms. The zero-order chi connectivity index (χ0) is 11.5. The number of nitrogens with one attached hydrogen (secondary N) is 1. The number of likely N-dealkylation sites (tertiary alicyclic amines) is 1. The summed E-state index contributed by atoms with van der Waals surface area (Å²) in [6, 6.07) is 0.866. The minimum absolute atomic E-state index is 0.287. The van der Waals surface area contributed by atoms with Gasteiger partial charge in [-0.15, -0.1) is 0 Å². The predicted octanol–water partition coefficient (Wildman–Crippen LogP) is 0.798.